The van der Waals surface area contributed by atoms with Crippen LogP contribution in [0.25, 0.3) is 0 Å². The Bertz CT molecular complexity index is 218. The molecule has 1 fully saturated rings. The second-order valence-corrected chi connectivity index (χ2v) is 5.76. The van der Waals surface area contributed by atoms with Gasteiger partial charge in [-0.1, -0.05) is 33.8 Å². The van der Waals surface area contributed by atoms with E-state index in [0.717, 1.165) is 16.4 Å². The maximum Gasteiger partial charge on any atom is 0.147 e. The van der Waals surface area contributed by atoms with E-state index in [2.05, 4.69) is 40.3 Å². The summed E-state index contributed by atoms with van der Waals surface area (Å²) in [5.74, 6) is 1.34. The van der Waals surface area contributed by atoms with Crippen molar-refractivity contribution in [2.24, 2.45) is 17.3 Å². The lowest BCUT2D eigenvalue weighted by Gasteiger charge is -2.47. The smallest absolute Gasteiger partial charge is 0.147 e. The Labute approximate surface area is 91.5 Å². The molecule has 1 atom stereocenters. The van der Waals surface area contributed by atoms with Crippen molar-refractivity contribution in [3.63, 3.8) is 0 Å². The summed E-state index contributed by atoms with van der Waals surface area (Å²) in [6.45, 7) is 13.2. The van der Waals surface area contributed by atoms with Crippen molar-refractivity contribution in [2.75, 3.05) is 0 Å². The molecule has 1 nitrogen and oxygen atoms in total. The molecule has 1 rings (SSSR count). The van der Waals surface area contributed by atoms with Crippen LogP contribution in [0.3, 0.4) is 0 Å². The van der Waals surface area contributed by atoms with Crippen LogP contribution < -0.4 is 0 Å². The fourth-order valence-electron chi connectivity index (χ4n) is 2.43. The van der Waals surface area contributed by atoms with E-state index in [1.54, 1.807) is 0 Å². The summed E-state index contributed by atoms with van der Waals surface area (Å²) in [6, 6.07) is 0. The van der Waals surface area contributed by atoms with Crippen LogP contribution in [0.15, 0.2) is 12.7 Å². The SMILES string of the molecule is C=C[C@](O[SiH3])(C1CC1)C(C)(C)C(C)C. The van der Waals surface area contributed by atoms with E-state index in [9.17, 15) is 0 Å². The quantitative estimate of drug-likeness (QED) is 0.502. The third-order valence-corrected chi connectivity index (χ3v) is 4.95. The molecule has 0 N–H and O–H groups in total. The van der Waals surface area contributed by atoms with Gasteiger partial charge < -0.3 is 4.43 Å². The van der Waals surface area contributed by atoms with Gasteiger partial charge in [-0.3, -0.25) is 0 Å². The topological polar surface area (TPSA) is 9.23 Å². The van der Waals surface area contributed by atoms with Gasteiger partial charge in [-0.2, -0.15) is 0 Å². The average Bonchev–Trinajstić information content (AvgIpc) is 2.91. The first kappa shape index (κ1) is 12.0. The van der Waals surface area contributed by atoms with Crippen molar-refractivity contribution in [1.29, 1.82) is 0 Å². The Hall–Kier alpha value is -0.0831. The first-order valence-electron chi connectivity index (χ1n) is 5.61. The van der Waals surface area contributed by atoms with Gasteiger partial charge in [0.05, 0.1) is 5.60 Å². The minimum Gasteiger partial charge on any atom is -0.418 e. The summed E-state index contributed by atoms with van der Waals surface area (Å²) >= 11 is 0. The van der Waals surface area contributed by atoms with Crippen LogP contribution in [0.2, 0.25) is 0 Å². The van der Waals surface area contributed by atoms with Crippen molar-refractivity contribution < 1.29 is 4.43 Å². The van der Waals surface area contributed by atoms with Crippen LogP contribution in [0, 0.1) is 17.3 Å². The molecule has 14 heavy (non-hydrogen) atoms. The molecule has 0 aliphatic heterocycles. The summed E-state index contributed by atoms with van der Waals surface area (Å²) in [5.41, 5.74) is 0.130. The molecule has 1 aliphatic carbocycles. The van der Waals surface area contributed by atoms with Gasteiger partial charge in [0, 0.05) is 0 Å². The van der Waals surface area contributed by atoms with Crippen molar-refractivity contribution in [2.45, 2.75) is 46.1 Å². The van der Waals surface area contributed by atoms with Gasteiger partial charge in [-0.15, -0.1) is 6.58 Å². The average molecular weight is 212 g/mol. The monoisotopic (exact) mass is 212 g/mol. The van der Waals surface area contributed by atoms with Crippen molar-refractivity contribution in [3.05, 3.63) is 12.7 Å². The summed E-state index contributed by atoms with van der Waals surface area (Å²) in [4.78, 5) is 0. The van der Waals surface area contributed by atoms with Crippen molar-refractivity contribution in [1.82, 2.24) is 0 Å². The van der Waals surface area contributed by atoms with Gasteiger partial charge in [0.15, 0.2) is 0 Å². The number of hydrogen-bond acceptors (Lipinski definition) is 1. The van der Waals surface area contributed by atoms with E-state index in [0.29, 0.717) is 5.92 Å². The highest BCUT2D eigenvalue weighted by Gasteiger charge is 2.53. The predicted molar refractivity (Wildman–Crippen MR) is 65.3 cm³/mol. The van der Waals surface area contributed by atoms with Crippen LogP contribution in [0.4, 0.5) is 0 Å². The van der Waals surface area contributed by atoms with Crippen LogP contribution in [0.1, 0.15) is 40.5 Å². The molecule has 0 radical (unpaired) electrons. The van der Waals surface area contributed by atoms with E-state index >= 15 is 0 Å². The molecule has 2 heteroatoms. The molecular formula is C12H24OSi. The van der Waals surface area contributed by atoms with Crippen molar-refractivity contribution in [3.8, 4) is 0 Å². The zero-order valence-corrected chi connectivity index (χ0v) is 12.3. The molecule has 0 amide bonds. The highest BCUT2D eigenvalue weighted by Crippen LogP contribution is 2.54. The fraction of sp³-hybridized carbons (Fsp3) is 0.833. The lowest BCUT2D eigenvalue weighted by Crippen LogP contribution is -2.49. The minimum absolute atomic E-state index is 0.0621. The lowest BCUT2D eigenvalue weighted by atomic mass is 9.65. The maximum absolute atomic E-state index is 5.96. The molecule has 0 saturated heterocycles. The minimum atomic E-state index is -0.0621. The maximum atomic E-state index is 5.96. The van der Waals surface area contributed by atoms with Gasteiger partial charge in [-0.25, -0.2) is 0 Å². The summed E-state index contributed by atoms with van der Waals surface area (Å²) in [5, 5.41) is 0. The summed E-state index contributed by atoms with van der Waals surface area (Å²) in [6.07, 6.45) is 4.69. The van der Waals surface area contributed by atoms with Gasteiger partial charge in [0.25, 0.3) is 0 Å². The third kappa shape index (κ3) is 1.59. The third-order valence-electron chi connectivity index (χ3n) is 4.28. The Morgan fingerprint density at radius 2 is 1.93 bits per heavy atom. The second kappa shape index (κ2) is 3.82. The summed E-state index contributed by atoms with van der Waals surface area (Å²) < 4.78 is 5.96. The summed E-state index contributed by atoms with van der Waals surface area (Å²) in [7, 11) is 0.799. The van der Waals surface area contributed by atoms with E-state index in [4.69, 9.17) is 4.43 Å². The molecule has 0 bridgehead atoms. The standard InChI is InChI=1S/C12H24OSi/c1-6-12(13-14,10-7-8-10)11(4,5)9(2)3/h6,9-10H,1,7-8H2,2-5,14H3/t12-/m0/s1. The van der Waals surface area contributed by atoms with Crippen LogP contribution in [-0.4, -0.2) is 16.1 Å². The molecule has 0 heterocycles. The molecule has 1 aliphatic rings. The Morgan fingerprint density at radius 1 is 1.43 bits per heavy atom. The highest BCUT2D eigenvalue weighted by atomic mass is 28.2. The largest absolute Gasteiger partial charge is 0.418 e. The van der Waals surface area contributed by atoms with E-state index in [1.165, 1.54) is 12.8 Å². The fourth-order valence-corrected chi connectivity index (χ4v) is 3.46. The first-order chi connectivity index (χ1) is 6.42. The van der Waals surface area contributed by atoms with Gasteiger partial charge in [0.1, 0.15) is 10.5 Å². The van der Waals surface area contributed by atoms with Crippen LogP contribution in [-0.2, 0) is 4.43 Å². The molecule has 1 saturated carbocycles. The first-order valence-corrected chi connectivity index (χ1v) is 6.42. The molecule has 82 valence electrons. The normalized spacial score (nSPS) is 22.4. The van der Waals surface area contributed by atoms with Crippen LogP contribution >= 0.6 is 0 Å². The molecule has 0 unspecified atom stereocenters. The van der Waals surface area contributed by atoms with E-state index < -0.39 is 0 Å². The highest BCUT2D eigenvalue weighted by molar-refractivity contribution is 5.98. The Kier molecular flexibility index (Phi) is 3.27. The van der Waals surface area contributed by atoms with E-state index in [1.807, 2.05) is 0 Å². The molecule has 0 spiro atoms. The molecule has 0 aromatic rings. The Morgan fingerprint density at radius 3 is 2.14 bits per heavy atom. The van der Waals surface area contributed by atoms with Crippen molar-refractivity contribution >= 4 is 10.5 Å². The zero-order valence-electron chi connectivity index (χ0n) is 10.3. The van der Waals surface area contributed by atoms with Gasteiger partial charge in [-0.05, 0) is 30.1 Å². The molecule has 0 aromatic carbocycles. The number of rotatable bonds is 5. The van der Waals surface area contributed by atoms with Gasteiger partial charge in [0.2, 0.25) is 0 Å². The van der Waals surface area contributed by atoms with Crippen LogP contribution in [0.5, 0.6) is 0 Å². The zero-order chi connectivity index (χ0) is 11.0. The predicted octanol–water partition coefficient (Wildman–Crippen LogP) is 2.30. The number of hydrogen-bond donors (Lipinski definition) is 0. The van der Waals surface area contributed by atoms with E-state index in [-0.39, 0.29) is 11.0 Å². The molecule has 0 aromatic heterocycles. The lowest BCUT2D eigenvalue weighted by molar-refractivity contribution is -0.0413. The van der Waals surface area contributed by atoms with Gasteiger partial charge >= 0.3 is 0 Å². The molecular weight excluding hydrogens is 188 g/mol. The second-order valence-electron chi connectivity index (χ2n) is 5.35. The Balaban J connectivity index is 3.01.